The number of anilines is 1. The second kappa shape index (κ2) is 12.5. The molecule has 4 heterocycles. The summed E-state index contributed by atoms with van der Waals surface area (Å²) in [6, 6.07) is 12.5. The number of ether oxygens (including phenoxy) is 2. The molecule has 0 amide bonds. The molecule has 0 radical (unpaired) electrons. The van der Waals surface area contributed by atoms with Crippen LogP contribution in [-0.2, 0) is 17.8 Å². The number of likely N-dealkylation sites (N-methyl/N-ethyl adjacent to an activating group) is 1. The summed E-state index contributed by atoms with van der Waals surface area (Å²) in [5, 5.41) is 2.74. The molecule has 8 nitrogen and oxygen atoms in total. The summed E-state index contributed by atoms with van der Waals surface area (Å²) in [6.07, 6.45) is 2.53. The van der Waals surface area contributed by atoms with Gasteiger partial charge in [-0.2, -0.15) is 9.97 Å². The summed E-state index contributed by atoms with van der Waals surface area (Å²) in [5.74, 6) is 0.164. The largest absolute Gasteiger partial charge is 0.462 e. The van der Waals surface area contributed by atoms with E-state index in [0.29, 0.717) is 56.3 Å². The average molecular weight is 603 g/mol. The van der Waals surface area contributed by atoms with E-state index in [1.165, 1.54) is 0 Å². The van der Waals surface area contributed by atoms with Crippen molar-refractivity contribution >= 4 is 28.2 Å². The van der Waals surface area contributed by atoms with Gasteiger partial charge in [-0.1, -0.05) is 55.1 Å². The highest BCUT2D eigenvalue weighted by molar-refractivity contribution is 6.35. The van der Waals surface area contributed by atoms with E-state index < -0.39 is 5.83 Å². The first-order valence-electron chi connectivity index (χ1n) is 14.7. The van der Waals surface area contributed by atoms with E-state index in [9.17, 15) is 4.39 Å². The van der Waals surface area contributed by atoms with Crippen molar-refractivity contribution < 1.29 is 13.9 Å². The van der Waals surface area contributed by atoms with Crippen LogP contribution >= 0.6 is 11.6 Å². The van der Waals surface area contributed by atoms with Gasteiger partial charge in [0.05, 0.1) is 24.1 Å². The molecule has 3 atom stereocenters. The SMILES string of the molecule is [C-]#[N+]C[C@H]1CN(c2nc(OC[C@@H]3CCCN3C)nc3c2COC(c2cccc4cccc(Cl)c24)C3)CCN1C(=C)C(=C)F. The Morgan fingerprint density at radius 3 is 2.72 bits per heavy atom. The summed E-state index contributed by atoms with van der Waals surface area (Å²) in [7, 11) is 2.12. The lowest BCUT2D eigenvalue weighted by Gasteiger charge is -2.42. The van der Waals surface area contributed by atoms with Crippen molar-refractivity contribution in [2.75, 3.05) is 51.3 Å². The van der Waals surface area contributed by atoms with Crippen LogP contribution in [0.1, 0.15) is 35.8 Å². The average Bonchev–Trinajstić information content (AvgIpc) is 3.43. The fourth-order valence-corrected chi connectivity index (χ4v) is 6.82. The Morgan fingerprint density at radius 1 is 1.16 bits per heavy atom. The number of rotatable bonds is 8. The third kappa shape index (κ3) is 5.92. The molecule has 10 heteroatoms. The van der Waals surface area contributed by atoms with Crippen molar-refractivity contribution in [2.45, 2.75) is 44.1 Å². The van der Waals surface area contributed by atoms with Crippen LogP contribution in [0.5, 0.6) is 6.01 Å². The number of nitrogens with zero attached hydrogens (tertiary/aromatic N) is 6. The molecule has 6 rings (SSSR count). The molecule has 43 heavy (non-hydrogen) atoms. The van der Waals surface area contributed by atoms with Crippen LogP contribution < -0.4 is 9.64 Å². The molecule has 0 saturated carbocycles. The van der Waals surface area contributed by atoms with Gasteiger partial charge in [-0.05, 0) is 43.5 Å². The van der Waals surface area contributed by atoms with Crippen molar-refractivity contribution in [1.82, 2.24) is 19.8 Å². The molecule has 2 saturated heterocycles. The first-order valence-corrected chi connectivity index (χ1v) is 15.1. The highest BCUT2D eigenvalue weighted by atomic mass is 35.5. The number of aromatic nitrogens is 2. The standard InChI is InChI=1S/C33H36ClFN6O2/c1-21(35)22(2)41-15-14-40(18-25(41)17-36-3)32-27-20-42-30(26-11-5-8-23-9-6-12-28(34)31(23)26)16-29(27)37-33(38-32)43-19-24-10-7-13-39(24)4/h5-6,8-9,11-12,24-25,30H,1-2,7,10,13-20H2,4H3/t24-,25-,30?/m0/s1. The Kier molecular flexibility index (Phi) is 8.53. The van der Waals surface area contributed by atoms with E-state index in [2.05, 4.69) is 53.0 Å². The molecule has 0 bridgehead atoms. The maximum atomic E-state index is 14.0. The number of piperazine rings is 1. The van der Waals surface area contributed by atoms with Crippen LogP contribution in [0.25, 0.3) is 15.6 Å². The van der Waals surface area contributed by atoms with Gasteiger partial charge >= 0.3 is 6.01 Å². The lowest BCUT2D eigenvalue weighted by molar-refractivity contribution is 0.0264. The molecule has 1 aromatic heterocycles. The van der Waals surface area contributed by atoms with E-state index in [4.69, 9.17) is 37.6 Å². The zero-order valence-electron chi connectivity index (χ0n) is 24.4. The number of allylic oxidation sites excluding steroid dienone is 1. The zero-order chi connectivity index (χ0) is 30.1. The van der Waals surface area contributed by atoms with Crippen LogP contribution in [0.15, 0.2) is 61.1 Å². The van der Waals surface area contributed by atoms with Crippen molar-refractivity contribution in [3.63, 3.8) is 0 Å². The molecule has 0 N–H and O–H groups in total. The summed E-state index contributed by atoms with van der Waals surface area (Å²) in [5.41, 5.74) is 3.05. The number of hydrogen-bond acceptors (Lipinski definition) is 7. The van der Waals surface area contributed by atoms with Crippen molar-refractivity contribution in [1.29, 1.82) is 0 Å². The zero-order valence-corrected chi connectivity index (χ0v) is 25.2. The fraction of sp³-hybridized carbons (Fsp3) is 0.424. The molecule has 1 unspecified atom stereocenters. The second-order valence-electron chi connectivity index (χ2n) is 11.5. The summed E-state index contributed by atoms with van der Waals surface area (Å²) in [4.78, 5) is 19.8. The third-order valence-corrected chi connectivity index (χ3v) is 9.23. The number of benzene rings is 2. The molecular weight excluding hydrogens is 567 g/mol. The maximum Gasteiger partial charge on any atom is 0.318 e. The van der Waals surface area contributed by atoms with Gasteiger partial charge in [-0.25, -0.2) is 11.0 Å². The Morgan fingerprint density at radius 2 is 1.98 bits per heavy atom. The molecule has 3 aromatic rings. The van der Waals surface area contributed by atoms with Crippen LogP contribution in [0.3, 0.4) is 0 Å². The van der Waals surface area contributed by atoms with Gasteiger partial charge in [0.2, 0.25) is 6.54 Å². The quantitative estimate of drug-likeness (QED) is 0.232. The Labute approximate surface area is 257 Å². The normalized spacial score (nSPS) is 22.3. The van der Waals surface area contributed by atoms with Gasteiger partial charge in [0.1, 0.15) is 24.3 Å². The Hall–Kier alpha value is -3.71. The Bertz CT molecular complexity index is 1590. The predicted molar refractivity (Wildman–Crippen MR) is 167 cm³/mol. The highest BCUT2D eigenvalue weighted by Gasteiger charge is 2.35. The first kappa shape index (κ1) is 29.4. The molecule has 2 aromatic carbocycles. The predicted octanol–water partition coefficient (Wildman–Crippen LogP) is 5.98. The molecule has 0 aliphatic carbocycles. The van der Waals surface area contributed by atoms with Gasteiger partial charge in [-0.15, -0.1) is 0 Å². The van der Waals surface area contributed by atoms with E-state index >= 15 is 0 Å². The van der Waals surface area contributed by atoms with E-state index in [-0.39, 0.29) is 24.4 Å². The molecule has 3 aliphatic rings. The summed E-state index contributed by atoms with van der Waals surface area (Å²) >= 11 is 6.67. The smallest absolute Gasteiger partial charge is 0.318 e. The van der Waals surface area contributed by atoms with Gasteiger partial charge in [0.25, 0.3) is 0 Å². The molecule has 3 aliphatic heterocycles. The number of fused-ring (bicyclic) bond motifs is 2. The minimum atomic E-state index is -0.580. The van der Waals surface area contributed by atoms with Gasteiger partial charge in [0, 0.05) is 48.1 Å². The van der Waals surface area contributed by atoms with E-state index in [0.717, 1.165) is 52.8 Å². The van der Waals surface area contributed by atoms with Crippen LogP contribution in [0, 0.1) is 6.57 Å². The van der Waals surface area contributed by atoms with Crippen LogP contribution in [0.2, 0.25) is 5.02 Å². The van der Waals surface area contributed by atoms with Crippen molar-refractivity contribution in [3.05, 3.63) is 94.3 Å². The van der Waals surface area contributed by atoms with Crippen LogP contribution in [-0.4, -0.2) is 78.2 Å². The third-order valence-electron chi connectivity index (χ3n) is 8.91. The molecular formula is C33H36ClFN6O2. The Balaban J connectivity index is 1.34. The molecule has 2 fully saturated rings. The van der Waals surface area contributed by atoms with Crippen LogP contribution in [0.4, 0.5) is 10.2 Å². The number of likely N-dealkylation sites (tertiary alicyclic amines) is 1. The lowest BCUT2D eigenvalue weighted by atomic mass is 9.94. The monoisotopic (exact) mass is 602 g/mol. The topological polar surface area (TPSA) is 58.3 Å². The van der Waals surface area contributed by atoms with E-state index in [1.807, 2.05) is 23.1 Å². The highest BCUT2D eigenvalue weighted by Crippen LogP contribution is 2.39. The molecule has 0 spiro atoms. The van der Waals surface area contributed by atoms with E-state index in [1.54, 1.807) is 0 Å². The fourth-order valence-electron chi connectivity index (χ4n) is 6.53. The minimum Gasteiger partial charge on any atom is -0.462 e. The number of hydrogen-bond donors (Lipinski definition) is 0. The van der Waals surface area contributed by atoms with Gasteiger partial charge < -0.3 is 29.0 Å². The first-order chi connectivity index (χ1) is 20.8. The molecule has 224 valence electrons. The minimum absolute atomic E-state index is 0.202. The van der Waals surface area contributed by atoms with Crippen molar-refractivity contribution in [2.24, 2.45) is 0 Å². The summed E-state index contributed by atoms with van der Waals surface area (Å²) < 4.78 is 26.8. The van der Waals surface area contributed by atoms with Crippen molar-refractivity contribution in [3.8, 4) is 6.01 Å². The summed E-state index contributed by atoms with van der Waals surface area (Å²) in [6.45, 7) is 18.4. The van der Waals surface area contributed by atoms with Gasteiger partial charge in [-0.3, -0.25) is 0 Å². The lowest BCUT2D eigenvalue weighted by Crippen LogP contribution is -2.54. The maximum absolute atomic E-state index is 14.0. The second-order valence-corrected chi connectivity index (χ2v) is 11.9. The number of halogens is 2. The van der Waals surface area contributed by atoms with Gasteiger partial charge in [0.15, 0.2) is 0 Å².